The topological polar surface area (TPSA) is 38.2 Å². The van der Waals surface area contributed by atoms with E-state index in [9.17, 15) is 0 Å². The van der Waals surface area contributed by atoms with E-state index in [1.165, 1.54) is 45.1 Å². The molecule has 2 atom stereocenters. The molecule has 4 nitrogen and oxygen atoms in total. The molecular weight excluding hydrogens is 286 g/mol. The van der Waals surface area contributed by atoms with Crippen LogP contribution in [0.1, 0.15) is 62.1 Å². The fourth-order valence-electron chi connectivity index (χ4n) is 4.00. The third kappa shape index (κ3) is 2.81. The Morgan fingerprint density at radius 1 is 1.14 bits per heavy atom. The van der Waals surface area contributed by atoms with Crippen LogP contribution in [0, 0.1) is 0 Å². The molecule has 2 saturated heterocycles. The average molecular weight is 308 g/mol. The Kier molecular flexibility index (Phi) is 3.86. The third-order valence-corrected chi connectivity index (χ3v) is 5.38. The number of rotatable bonds is 2. The number of aromatic nitrogens is 2. The predicted molar refractivity (Wildman–Crippen MR) is 81.5 cm³/mol. The maximum atomic E-state index is 6.24. The number of morpholine rings is 1. The lowest BCUT2D eigenvalue weighted by Crippen LogP contribution is -2.42. The number of nitrogens with zero attached hydrogens (tertiary/aromatic N) is 3. The monoisotopic (exact) mass is 307 g/mol. The van der Waals surface area contributed by atoms with Gasteiger partial charge in [0.05, 0.1) is 6.61 Å². The lowest BCUT2D eigenvalue weighted by atomic mass is 10.0. The Hall–Kier alpha value is -0.710. The molecule has 0 amide bonds. The second-order valence-electron chi connectivity index (χ2n) is 6.57. The zero-order valence-corrected chi connectivity index (χ0v) is 13.1. The van der Waals surface area contributed by atoms with Crippen molar-refractivity contribution in [2.24, 2.45) is 0 Å². The van der Waals surface area contributed by atoms with Crippen molar-refractivity contribution in [3.05, 3.63) is 22.7 Å². The highest BCUT2D eigenvalue weighted by atomic mass is 35.5. The van der Waals surface area contributed by atoms with E-state index in [0.29, 0.717) is 17.1 Å². The van der Waals surface area contributed by atoms with E-state index in [0.717, 1.165) is 24.7 Å². The van der Waals surface area contributed by atoms with Gasteiger partial charge in [0.25, 0.3) is 0 Å². The van der Waals surface area contributed by atoms with E-state index in [1.54, 1.807) is 0 Å². The van der Waals surface area contributed by atoms with Crippen LogP contribution in [0.5, 0.6) is 0 Å². The molecule has 3 aliphatic rings. The molecule has 3 fully saturated rings. The molecule has 0 spiro atoms. The summed E-state index contributed by atoms with van der Waals surface area (Å²) in [6.07, 6.45) is 7.59. The minimum absolute atomic E-state index is 0.0156. The van der Waals surface area contributed by atoms with Gasteiger partial charge in [-0.3, -0.25) is 4.90 Å². The standard InChI is InChI=1S/C16H22ClN3O/c17-15-8-13(11-4-1-2-5-11)18-16(19-15)14-9-20-7-3-6-12(20)10-21-14/h8,11-12,14H,1-7,9-10H2. The molecule has 0 radical (unpaired) electrons. The first kappa shape index (κ1) is 13.9. The van der Waals surface area contributed by atoms with E-state index in [1.807, 2.05) is 6.07 Å². The lowest BCUT2D eigenvalue weighted by Gasteiger charge is -2.34. The first-order chi connectivity index (χ1) is 10.3. The van der Waals surface area contributed by atoms with Crippen LogP contribution in [0.4, 0.5) is 0 Å². The summed E-state index contributed by atoms with van der Waals surface area (Å²) in [7, 11) is 0. The lowest BCUT2D eigenvalue weighted by molar-refractivity contribution is -0.0542. The number of halogens is 1. The zero-order valence-electron chi connectivity index (χ0n) is 12.3. The van der Waals surface area contributed by atoms with Gasteiger partial charge in [-0.2, -0.15) is 0 Å². The molecule has 5 heteroatoms. The molecule has 21 heavy (non-hydrogen) atoms. The van der Waals surface area contributed by atoms with Crippen molar-refractivity contribution in [3.63, 3.8) is 0 Å². The molecule has 0 bridgehead atoms. The van der Waals surface area contributed by atoms with E-state index >= 15 is 0 Å². The van der Waals surface area contributed by atoms with Crippen molar-refractivity contribution >= 4 is 11.6 Å². The van der Waals surface area contributed by atoms with Crippen LogP contribution in [0.2, 0.25) is 5.15 Å². The molecule has 1 aliphatic carbocycles. The Balaban J connectivity index is 1.56. The minimum Gasteiger partial charge on any atom is -0.367 e. The van der Waals surface area contributed by atoms with Crippen molar-refractivity contribution in [2.45, 2.75) is 56.6 Å². The van der Waals surface area contributed by atoms with Gasteiger partial charge in [-0.15, -0.1) is 0 Å². The van der Waals surface area contributed by atoms with Crippen LogP contribution < -0.4 is 0 Å². The third-order valence-electron chi connectivity index (χ3n) is 5.18. The quantitative estimate of drug-likeness (QED) is 0.786. The fourth-order valence-corrected chi connectivity index (χ4v) is 4.20. The SMILES string of the molecule is Clc1cc(C2CCCC2)nc(C2CN3CCCC3CO2)n1. The van der Waals surface area contributed by atoms with Crippen LogP contribution in [0.15, 0.2) is 6.07 Å². The molecule has 3 heterocycles. The zero-order chi connectivity index (χ0) is 14.2. The van der Waals surface area contributed by atoms with Gasteiger partial charge in [0.1, 0.15) is 11.3 Å². The predicted octanol–water partition coefficient (Wildman–Crippen LogP) is 3.32. The molecule has 2 unspecified atom stereocenters. The highest BCUT2D eigenvalue weighted by Crippen LogP contribution is 2.35. The van der Waals surface area contributed by atoms with Gasteiger partial charge >= 0.3 is 0 Å². The van der Waals surface area contributed by atoms with Crippen molar-refractivity contribution in [2.75, 3.05) is 19.7 Å². The maximum absolute atomic E-state index is 6.24. The first-order valence-corrected chi connectivity index (χ1v) is 8.57. The summed E-state index contributed by atoms with van der Waals surface area (Å²) in [4.78, 5) is 11.8. The summed E-state index contributed by atoms with van der Waals surface area (Å²) in [5.74, 6) is 1.35. The van der Waals surface area contributed by atoms with Crippen molar-refractivity contribution in [3.8, 4) is 0 Å². The van der Waals surface area contributed by atoms with Crippen molar-refractivity contribution < 1.29 is 4.74 Å². The van der Waals surface area contributed by atoms with Crippen LogP contribution in [0.25, 0.3) is 0 Å². The smallest absolute Gasteiger partial charge is 0.160 e. The second kappa shape index (κ2) is 5.82. The number of hydrogen-bond donors (Lipinski definition) is 0. The first-order valence-electron chi connectivity index (χ1n) is 8.19. The molecule has 4 rings (SSSR count). The number of ether oxygens (including phenoxy) is 1. The van der Waals surface area contributed by atoms with E-state index in [-0.39, 0.29) is 6.10 Å². The molecule has 1 aromatic heterocycles. The van der Waals surface area contributed by atoms with Crippen molar-refractivity contribution in [1.29, 1.82) is 0 Å². The fraction of sp³-hybridized carbons (Fsp3) is 0.750. The molecule has 1 aromatic rings. The Labute approximate surface area is 130 Å². The largest absolute Gasteiger partial charge is 0.367 e. The molecule has 0 N–H and O–H groups in total. The average Bonchev–Trinajstić information content (AvgIpc) is 3.17. The van der Waals surface area contributed by atoms with Gasteiger partial charge in [0, 0.05) is 24.2 Å². The number of fused-ring (bicyclic) bond motifs is 1. The minimum atomic E-state index is -0.0156. The van der Waals surface area contributed by atoms with E-state index in [2.05, 4.69) is 9.88 Å². The van der Waals surface area contributed by atoms with Gasteiger partial charge in [-0.1, -0.05) is 24.4 Å². The summed E-state index contributed by atoms with van der Waals surface area (Å²) >= 11 is 6.24. The van der Waals surface area contributed by atoms with E-state index in [4.69, 9.17) is 21.3 Å². The summed E-state index contributed by atoms with van der Waals surface area (Å²) in [5, 5.41) is 0.564. The van der Waals surface area contributed by atoms with Gasteiger partial charge < -0.3 is 4.74 Å². The van der Waals surface area contributed by atoms with Gasteiger partial charge in [0.2, 0.25) is 0 Å². The molecule has 2 aliphatic heterocycles. The Bertz CT molecular complexity index is 518. The Morgan fingerprint density at radius 2 is 2.00 bits per heavy atom. The van der Waals surface area contributed by atoms with E-state index < -0.39 is 0 Å². The van der Waals surface area contributed by atoms with Crippen LogP contribution in [-0.2, 0) is 4.74 Å². The molecule has 0 aromatic carbocycles. The highest BCUT2D eigenvalue weighted by Gasteiger charge is 2.34. The second-order valence-corrected chi connectivity index (χ2v) is 6.96. The molecule has 1 saturated carbocycles. The van der Waals surface area contributed by atoms with Crippen LogP contribution in [-0.4, -0.2) is 40.6 Å². The molecular formula is C16H22ClN3O. The number of hydrogen-bond acceptors (Lipinski definition) is 4. The van der Waals surface area contributed by atoms with Crippen molar-refractivity contribution in [1.82, 2.24) is 14.9 Å². The van der Waals surface area contributed by atoms with Gasteiger partial charge in [0.15, 0.2) is 5.82 Å². The summed E-state index contributed by atoms with van der Waals surface area (Å²) in [6.45, 7) is 2.90. The normalized spacial score (nSPS) is 30.7. The maximum Gasteiger partial charge on any atom is 0.160 e. The highest BCUT2D eigenvalue weighted by molar-refractivity contribution is 6.29. The van der Waals surface area contributed by atoms with Gasteiger partial charge in [-0.25, -0.2) is 9.97 Å². The summed E-state index contributed by atoms with van der Waals surface area (Å²) in [6, 6.07) is 2.55. The van der Waals surface area contributed by atoms with Crippen LogP contribution >= 0.6 is 11.6 Å². The molecule has 114 valence electrons. The Morgan fingerprint density at radius 3 is 2.86 bits per heavy atom. The van der Waals surface area contributed by atoms with Crippen LogP contribution in [0.3, 0.4) is 0 Å². The summed E-state index contributed by atoms with van der Waals surface area (Å²) < 4.78 is 6.03. The summed E-state index contributed by atoms with van der Waals surface area (Å²) in [5.41, 5.74) is 1.12. The van der Waals surface area contributed by atoms with Gasteiger partial charge in [-0.05, 0) is 38.3 Å².